The third-order valence-electron chi connectivity index (χ3n) is 16.7. The Morgan fingerprint density at radius 3 is 0.769 bits per heavy atom. The second kappa shape index (κ2) is 81.2. The maximum Gasteiger partial charge on any atom is 0.472 e. The number of nitrogens with zero attached hydrogens (tertiary/aromatic N) is 1. The van der Waals surface area contributed by atoms with E-state index < -0.39 is 26.5 Å². The van der Waals surface area contributed by atoms with Crippen LogP contribution in [0.1, 0.15) is 296 Å². The van der Waals surface area contributed by atoms with Crippen molar-refractivity contribution in [3.05, 3.63) is 231 Å². The lowest BCUT2D eigenvalue weighted by atomic mass is 10.0. The number of ether oxygens (including phenoxy) is 2. The minimum Gasteiger partial charge on any atom is -0.462 e. The average molecular weight is 1450 g/mol. The van der Waals surface area contributed by atoms with Crippen molar-refractivity contribution in [3.8, 4) is 0 Å². The number of hydrogen-bond donors (Lipinski definition) is 1. The van der Waals surface area contributed by atoms with E-state index in [0.29, 0.717) is 17.4 Å². The van der Waals surface area contributed by atoms with Gasteiger partial charge in [-0.25, -0.2) is 4.57 Å². The van der Waals surface area contributed by atoms with Crippen LogP contribution in [-0.4, -0.2) is 74.9 Å². The molecule has 0 aliphatic carbocycles. The first-order valence-corrected chi connectivity index (χ1v) is 42.6. The summed E-state index contributed by atoms with van der Waals surface area (Å²) in [5, 5.41) is 0. The Labute approximate surface area is 639 Å². The fourth-order valence-electron chi connectivity index (χ4n) is 10.5. The van der Waals surface area contributed by atoms with Crippen molar-refractivity contribution in [2.45, 2.75) is 302 Å². The fourth-order valence-corrected chi connectivity index (χ4v) is 11.2. The molecular weight excluding hydrogens is 1300 g/mol. The highest BCUT2D eigenvalue weighted by atomic mass is 31.2. The molecule has 0 aliphatic rings. The van der Waals surface area contributed by atoms with E-state index in [0.717, 1.165) is 167 Å². The van der Waals surface area contributed by atoms with Crippen molar-refractivity contribution in [2.75, 3.05) is 47.5 Å². The maximum absolute atomic E-state index is 12.9. The molecule has 0 saturated heterocycles. The summed E-state index contributed by atoms with van der Waals surface area (Å²) in [5.41, 5.74) is 0. The molecule has 0 aliphatic heterocycles. The minimum atomic E-state index is -4.42. The molecule has 2 atom stereocenters. The Hall–Kier alpha value is -5.93. The third-order valence-corrected chi connectivity index (χ3v) is 17.7. The summed E-state index contributed by atoms with van der Waals surface area (Å²) in [5.74, 6) is -0.821. The molecule has 0 radical (unpaired) electrons. The third kappa shape index (κ3) is 85.0. The van der Waals surface area contributed by atoms with Crippen LogP contribution in [0, 0.1) is 0 Å². The summed E-state index contributed by atoms with van der Waals surface area (Å²) in [6.07, 6.45) is 130. The number of hydrogen-bond acceptors (Lipinski definition) is 7. The summed E-state index contributed by atoms with van der Waals surface area (Å²) < 4.78 is 34.8. The van der Waals surface area contributed by atoms with Gasteiger partial charge in [0.25, 0.3) is 0 Å². The van der Waals surface area contributed by atoms with Gasteiger partial charge in [-0.1, -0.05) is 354 Å². The molecule has 9 nitrogen and oxygen atoms in total. The van der Waals surface area contributed by atoms with Crippen LogP contribution < -0.4 is 0 Å². The van der Waals surface area contributed by atoms with Crippen LogP contribution in [-0.2, 0) is 32.7 Å². The number of carbonyl (C=O) groups excluding carboxylic acids is 2. The Bertz CT molecular complexity index is 2620. The fraction of sp³-hybridized carbons (Fsp3) is 0.574. The van der Waals surface area contributed by atoms with E-state index in [4.69, 9.17) is 18.5 Å². The number of unbranched alkanes of at least 4 members (excludes halogenated alkanes) is 21. The van der Waals surface area contributed by atoms with Crippen molar-refractivity contribution in [1.29, 1.82) is 0 Å². The Morgan fingerprint density at radius 1 is 0.298 bits per heavy atom. The highest BCUT2D eigenvalue weighted by molar-refractivity contribution is 7.47. The zero-order chi connectivity index (χ0) is 75.4. The van der Waals surface area contributed by atoms with Gasteiger partial charge in [-0.2, -0.15) is 0 Å². The van der Waals surface area contributed by atoms with Crippen LogP contribution in [0.5, 0.6) is 0 Å². The van der Waals surface area contributed by atoms with Gasteiger partial charge in [0.2, 0.25) is 0 Å². The Kier molecular flexibility index (Phi) is 76.5. The monoisotopic (exact) mass is 1450 g/mol. The molecule has 0 bridgehead atoms. The predicted octanol–water partition coefficient (Wildman–Crippen LogP) is 28.1. The van der Waals surface area contributed by atoms with Crippen molar-refractivity contribution in [1.82, 2.24) is 0 Å². The molecule has 0 fully saturated rings. The van der Waals surface area contributed by atoms with Crippen LogP contribution in [0.2, 0.25) is 0 Å². The minimum absolute atomic E-state index is 0.0186. The molecule has 0 amide bonds. The molecule has 0 aromatic carbocycles. The average Bonchev–Trinajstić information content (AvgIpc) is 0.920. The van der Waals surface area contributed by atoms with Crippen molar-refractivity contribution in [3.63, 3.8) is 0 Å². The van der Waals surface area contributed by atoms with E-state index in [2.05, 4.69) is 245 Å². The molecule has 0 aromatic heterocycles. The molecule has 584 valence electrons. The number of phosphoric acid groups is 1. The predicted molar refractivity (Wildman–Crippen MR) is 454 cm³/mol. The van der Waals surface area contributed by atoms with Gasteiger partial charge in [0.05, 0.1) is 27.7 Å². The summed E-state index contributed by atoms with van der Waals surface area (Å²) in [7, 11) is 1.45. The summed E-state index contributed by atoms with van der Waals surface area (Å²) in [6.45, 7) is 4.18. The molecule has 0 spiro atoms. The van der Waals surface area contributed by atoms with Gasteiger partial charge < -0.3 is 18.9 Å². The van der Waals surface area contributed by atoms with Crippen LogP contribution in [0.25, 0.3) is 0 Å². The number of rotatable bonds is 73. The number of phosphoric ester groups is 1. The molecule has 0 saturated carbocycles. The van der Waals surface area contributed by atoms with Gasteiger partial charge in [0.15, 0.2) is 6.10 Å². The lowest BCUT2D eigenvalue weighted by Gasteiger charge is -2.24. The number of allylic oxidation sites excluding steroid dienone is 38. The van der Waals surface area contributed by atoms with Crippen LogP contribution >= 0.6 is 7.82 Å². The zero-order valence-corrected chi connectivity index (χ0v) is 67.6. The van der Waals surface area contributed by atoms with Gasteiger partial charge in [-0.15, -0.1) is 0 Å². The summed E-state index contributed by atoms with van der Waals surface area (Å²) in [6, 6.07) is 0. The zero-order valence-electron chi connectivity index (χ0n) is 66.7. The van der Waals surface area contributed by atoms with Gasteiger partial charge in [-0.3, -0.25) is 18.6 Å². The smallest absolute Gasteiger partial charge is 0.462 e. The first-order chi connectivity index (χ1) is 51.0. The maximum atomic E-state index is 12.9. The van der Waals surface area contributed by atoms with Crippen molar-refractivity contribution in [2.24, 2.45) is 0 Å². The quantitative estimate of drug-likeness (QED) is 0.0211. The topological polar surface area (TPSA) is 108 Å². The van der Waals surface area contributed by atoms with E-state index in [1.165, 1.54) is 96.3 Å². The lowest BCUT2D eigenvalue weighted by molar-refractivity contribution is -0.870. The van der Waals surface area contributed by atoms with E-state index >= 15 is 0 Å². The molecule has 1 N–H and O–H groups in total. The van der Waals surface area contributed by atoms with Gasteiger partial charge in [0, 0.05) is 12.8 Å². The normalized spacial score (nSPS) is 14.2. The van der Waals surface area contributed by atoms with Crippen molar-refractivity contribution >= 4 is 19.8 Å². The summed E-state index contributed by atoms with van der Waals surface area (Å²) in [4.78, 5) is 36.0. The Morgan fingerprint density at radius 2 is 0.519 bits per heavy atom. The van der Waals surface area contributed by atoms with E-state index in [1.54, 1.807) is 0 Å². The lowest BCUT2D eigenvalue weighted by Crippen LogP contribution is -2.37. The SMILES string of the molecule is CC/C=C\C/C=C\C/C=C\C/C=C\C/C=C\C/C=C\C/C=C\C/C=C\C/C=C\C/C=C\C/C=C\CCCCCCCCCC(=O)OC(COC(=O)CCCCCCCCCCCCCCCC/C=C\C/C=C\C/C=C\C/C=C\C/C=C\C/C=C\C/C=C\C/C=C\CC)COP(=O)(O)OCC[N+](C)(C)C. The highest BCUT2D eigenvalue weighted by Gasteiger charge is 2.27. The number of carbonyl (C=O) groups is 2. The molecule has 104 heavy (non-hydrogen) atoms. The second-order valence-electron chi connectivity index (χ2n) is 27.7. The molecule has 0 rings (SSSR count). The van der Waals surface area contributed by atoms with Crippen molar-refractivity contribution < 1.29 is 42.1 Å². The molecule has 2 unspecified atom stereocenters. The number of quaternary nitrogens is 1. The van der Waals surface area contributed by atoms with Crippen LogP contribution in [0.4, 0.5) is 0 Å². The van der Waals surface area contributed by atoms with Crippen LogP contribution in [0.15, 0.2) is 231 Å². The first-order valence-electron chi connectivity index (χ1n) is 41.1. The second-order valence-corrected chi connectivity index (χ2v) is 29.1. The molecular formula is C94H151NO8P+. The number of esters is 2. The van der Waals surface area contributed by atoms with E-state index in [9.17, 15) is 19.0 Å². The largest absolute Gasteiger partial charge is 0.472 e. The molecule has 0 heterocycles. The van der Waals surface area contributed by atoms with Gasteiger partial charge in [0.1, 0.15) is 19.8 Å². The highest BCUT2D eigenvalue weighted by Crippen LogP contribution is 2.43. The molecule has 0 aromatic rings. The summed E-state index contributed by atoms with van der Waals surface area (Å²) >= 11 is 0. The van der Waals surface area contributed by atoms with Gasteiger partial charge >= 0.3 is 19.8 Å². The standard InChI is InChI=1S/C94H150NO8P/c1-6-8-10-12-14-16-18-20-22-24-26-28-30-32-34-36-38-40-42-44-46-47-49-51-53-55-57-59-61-63-65-67-69-71-73-75-77-79-81-83-85-87-94(97)103-92(91-102-104(98,99)101-89-88-95(3,4)5)90-100-93(96)86-84-82-80-78-76-74-72-70-68-66-64-62-60-58-56-54-52-50-48-45-43-41-39-37-35-33-31-29-27-25-23-21-19-17-15-13-11-9-7-2/h8-11,14-17,20-23,26-29,32-35,38-41,44-46,48-49,51-52,54-55,57,61,63,67,69,92H,6-7,12-13,18-19,24-25,30-31,36-37,42-43,47,50,53,56,58-60,62,64-66,68,70-91H2,1-5H3/p+1/b10-8-,11-9-,16-14-,17-15-,22-20-,23-21-,28-26-,29-27-,34-32-,35-33-,40-38-,41-39-,46-44-,48-45-,51-49-,54-52-,57-55-,63-61-,69-67-. The Balaban J connectivity index is 4.09. The van der Waals surface area contributed by atoms with E-state index in [-0.39, 0.29) is 32.0 Å². The van der Waals surface area contributed by atoms with E-state index in [1.807, 2.05) is 21.1 Å². The number of likely N-dealkylation sites (N-methyl/N-ethyl adjacent to an activating group) is 1. The molecule has 10 heteroatoms. The van der Waals surface area contributed by atoms with Gasteiger partial charge in [-0.05, 0) is 161 Å². The first kappa shape index (κ1) is 98.1. The van der Waals surface area contributed by atoms with Crippen LogP contribution in [0.3, 0.4) is 0 Å².